The summed E-state index contributed by atoms with van der Waals surface area (Å²) in [5.74, 6) is 0. The van der Waals surface area contributed by atoms with Crippen molar-refractivity contribution >= 4 is 0 Å². The average Bonchev–Trinajstić information content (AvgIpc) is 3.11. The van der Waals surface area contributed by atoms with Gasteiger partial charge in [-0.1, -0.05) is 112 Å². The maximum atomic E-state index is 5.97. The Morgan fingerprint density at radius 1 is 0.386 bits per heavy atom. The molecule has 0 spiro atoms. The van der Waals surface area contributed by atoms with E-state index in [0.717, 1.165) is 61.7 Å². The van der Waals surface area contributed by atoms with Gasteiger partial charge in [0.15, 0.2) is 5.54 Å². The van der Waals surface area contributed by atoms with E-state index >= 15 is 0 Å². The zero-order valence-electron chi connectivity index (χ0n) is 35.6. The van der Waals surface area contributed by atoms with E-state index < -0.39 is 38.0 Å². The van der Waals surface area contributed by atoms with Gasteiger partial charge in [-0.2, -0.15) is 78.9 Å². The van der Waals surface area contributed by atoms with Crippen LogP contribution in [0.5, 0.6) is 0 Å². The minimum absolute atomic E-state index is 0. The first-order chi connectivity index (χ1) is 26.3. The van der Waals surface area contributed by atoms with Gasteiger partial charge in [0.1, 0.15) is 6.20 Å². The van der Waals surface area contributed by atoms with Gasteiger partial charge in [0.25, 0.3) is 0 Å². The summed E-state index contributed by atoms with van der Waals surface area (Å²) >= 11 is 0. The number of benzene rings is 3. The van der Waals surface area contributed by atoms with E-state index in [1.165, 1.54) is 0 Å². The van der Waals surface area contributed by atoms with Crippen molar-refractivity contribution in [3.8, 4) is 0 Å². The van der Waals surface area contributed by atoms with Gasteiger partial charge in [0, 0.05) is 36.4 Å². The van der Waals surface area contributed by atoms with Crippen molar-refractivity contribution in [2.45, 2.75) is 105 Å². The summed E-state index contributed by atoms with van der Waals surface area (Å²) in [4.78, 5) is 11.9. The van der Waals surface area contributed by atoms with Crippen LogP contribution in [-0.2, 0) is 41.9 Å². The van der Waals surface area contributed by atoms with Crippen molar-refractivity contribution in [1.82, 2.24) is 9.97 Å². The standard InChI is InChI=1S/C53H54N3.Ir/c1-46(2,3)50-35-19-13-20-36(31-35)51(47(4,5)6)41-25-18-30-56(34-41)53(49(10,11)12,39-23-14-21-37(50)32-39)40-24-15-22-38(33-40)52(48(7,8)9,44-28-16-26-42(50)54-44)45-29-17-27-43(51)55-45;/h13-30H,1-12H3;/q-3;. The molecule has 7 heterocycles. The van der Waals surface area contributed by atoms with Crippen molar-refractivity contribution < 1.29 is 24.7 Å². The number of rotatable bonds is 0. The van der Waals surface area contributed by atoms with Crippen LogP contribution < -0.4 is 4.57 Å². The molecule has 0 amide bonds. The number of nitrogens with zero attached hydrogens (tertiary/aromatic N) is 3. The van der Waals surface area contributed by atoms with Gasteiger partial charge in [-0.05, 0) is 40.5 Å². The molecule has 57 heavy (non-hydrogen) atoms. The Kier molecular flexibility index (Phi) is 8.60. The van der Waals surface area contributed by atoms with Crippen LogP contribution in [0.1, 0.15) is 145 Å². The zero-order valence-corrected chi connectivity index (χ0v) is 38.0. The molecule has 1 radical (unpaired) electrons. The summed E-state index contributed by atoms with van der Waals surface area (Å²) in [6.45, 7) is 28.3. The van der Waals surface area contributed by atoms with Crippen molar-refractivity contribution in [2.24, 2.45) is 21.7 Å². The minimum Gasteiger partial charge on any atom is -0.301 e. The third kappa shape index (κ3) is 4.78. The van der Waals surface area contributed by atoms with Gasteiger partial charge in [0.05, 0.1) is 34.4 Å². The van der Waals surface area contributed by atoms with E-state index in [4.69, 9.17) is 9.97 Å². The first-order valence-corrected chi connectivity index (χ1v) is 20.3. The molecule has 4 aliphatic rings. The molecule has 293 valence electrons. The first-order valence-electron chi connectivity index (χ1n) is 20.3. The van der Waals surface area contributed by atoms with E-state index in [1.54, 1.807) is 0 Å². The summed E-state index contributed by atoms with van der Waals surface area (Å²) in [5, 5.41) is 0. The molecule has 4 unspecified atom stereocenters. The minimum atomic E-state index is -0.819. The maximum Gasteiger partial charge on any atom is 0.156 e. The predicted octanol–water partition coefficient (Wildman–Crippen LogP) is 10.9. The molecular formula is C53H54IrN3-3. The molecule has 0 fully saturated rings. The van der Waals surface area contributed by atoms with Gasteiger partial charge in [-0.3, -0.25) is 9.97 Å². The van der Waals surface area contributed by atoms with Crippen LogP contribution in [0.3, 0.4) is 0 Å². The molecular weight excluding hydrogens is 871 g/mol. The second-order valence-electron chi connectivity index (χ2n) is 20.6. The molecule has 6 aromatic rings. The smallest absolute Gasteiger partial charge is 0.156 e. The molecule has 0 N–H and O–H groups in total. The third-order valence-electron chi connectivity index (χ3n) is 13.8. The molecule has 4 heteroatoms. The molecule has 3 aromatic carbocycles. The fourth-order valence-electron chi connectivity index (χ4n) is 11.6. The third-order valence-corrected chi connectivity index (χ3v) is 13.8. The molecule has 0 saturated heterocycles. The second-order valence-corrected chi connectivity index (χ2v) is 20.6. The van der Waals surface area contributed by atoms with Crippen molar-refractivity contribution in [3.63, 3.8) is 0 Å². The van der Waals surface area contributed by atoms with Crippen LogP contribution in [0.4, 0.5) is 0 Å². The largest absolute Gasteiger partial charge is 0.301 e. The van der Waals surface area contributed by atoms with Crippen molar-refractivity contribution in [3.05, 3.63) is 195 Å². The van der Waals surface area contributed by atoms with E-state index in [1.807, 2.05) is 0 Å². The first kappa shape index (κ1) is 39.6. The fraction of sp³-hybridized carbons (Fsp3) is 0.377. The predicted molar refractivity (Wildman–Crippen MR) is 223 cm³/mol. The van der Waals surface area contributed by atoms with Crippen molar-refractivity contribution in [1.29, 1.82) is 0 Å². The number of pyridine rings is 3. The quantitative estimate of drug-likeness (QED) is 0.112. The van der Waals surface area contributed by atoms with Gasteiger partial charge in [-0.15, -0.1) is 28.3 Å². The molecule has 16 bridgehead atoms. The summed E-state index contributed by atoms with van der Waals surface area (Å²) in [6, 6.07) is 50.9. The van der Waals surface area contributed by atoms with Crippen LogP contribution in [0.2, 0.25) is 0 Å². The van der Waals surface area contributed by atoms with Gasteiger partial charge in [-0.25, -0.2) is 0 Å². The fourth-order valence-corrected chi connectivity index (χ4v) is 11.6. The maximum absolute atomic E-state index is 5.97. The topological polar surface area (TPSA) is 29.7 Å². The van der Waals surface area contributed by atoms with Gasteiger partial charge < -0.3 is 4.57 Å². The molecule has 3 nitrogen and oxygen atoms in total. The van der Waals surface area contributed by atoms with Crippen LogP contribution in [0, 0.1) is 46.1 Å². The molecule has 4 atom stereocenters. The SMILES string of the molecule is CC(C)(C)C12c3[c-]c(ccc3)C3(C(C)(C)C)c4[c-][n+](ccc4)C(C(C)(C)C)(c4[c-]c1ccc4)c1[c-]c(ccc1)C(C(C)(C)C)(c1cccc2n1)c1cccc3n1.[Ir]. The molecule has 3 aromatic heterocycles. The number of aromatic nitrogens is 3. The Bertz CT molecular complexity index is 1980. The number of hydrogen-bond donors (Lipinski definition) is 0. The van der Waals surface area contributed by atoms with Crippen LogP contribution in [0.25, 0.3) is 0 Å². The Balaban J connectivity index is 0.00000455. The van der Waals surface area contributed by atoms with Gasteiger partial charge >= 0.3 is 0 Å². The number of hydrogen-bond acceptors (Lipinski definition) is 2. The normalized spacial score (nSPS) is 24.6. The Hall–Kier alpha value is -4.24. The van der Waals surface area contributed by atoms with Crippen LogP contribution >= 0.6 is 0 Å². The summed E-state index contributed by atoms with van der Waals surface area (Å²) < 4.78 is 2.37. The summed E-state index contributed by atoms with van der Waals surface area (Å²) in [6.07, 6.45) is 6.37. The zero-order chi connectivity index (χ0) is 39.9. The second kappa shape index (κ2) is 12.4. The summed E-state index contributed by atoms with van der Waals surface area (Å²) in [5.41, 5.74) is 6.51. The van der Waals surface area contributed by atoms with E-state index in [-0.39, 0.29) is 25.5 Å². The molecule has 0 saturated carbocycles. The van der Waals surface area contributed by atoms with Crippen molar-refractivity contribution in [2.75, 3.05) is 0 Å². The van der Waals surface area contributed by atoms with Gasteiger partial charge in [0.2, 0.25) is 0 Å². The molecule has 10 rings (SSSR count). The molecule has 0 aliphatic carbocycles. The summed E-state index contributed by atoms with van der Waals surface area (Å²) in [7, 11) is 0. The van der Waals surface area contributed by atoms with E-state index in [2.05, 4.69) is 221 Å². The molecule has 4 aliphatic heterocycles. The Labute approximate surface area is 354 Å². The van der Waals surface area contributed by atoms with Crippen LogP contribution in [0.15, 0.2) is 109 Å². The Morgan fingerprint density at radius 2 is 0.702 bits per heavy atom. The monoisotopic (exact) mass is 925 g/mol. The van der Waals surface area contributed by atoms with E-state index in [9.17, 15) is 0 Å². The van der Waals surface area contributed by atoms with Crippen LogP contribution in [-0.4, -0.2) is 9.97 Å². The Morgan fingerprint density at radius 3 is 1.11 bits per heavy atom. The average molecular weight is 925 g/mol. The van der Waals surface area contributed by atoms with E-state index in [0.29, 0.717) is 0 Å².